The van der Waals surface area contributed by atoms with Gasteiger partial charge in [0.2, 0.25) is 10.0 Å². The highest BCUT2D eigenvalue weighted by molar-refractivity contribution is 7.89. The molecule has 4 rings (SSSR count). The molecule has 1 aromatic rings. The van der Waals surface area contributed by atoms with Crippen LogP contribution in [-0.2, 0) is 10.0 Å². The summed E-state index contributed by atoms with van der Waals surface area (Å²) in [5.41, 5.74) is 1.07. The van der Waals surface area contributed by atoms with Gasteiger partial charge in [0.25, 0.3) is 0 Å². The van der Waals surface area contributed by atoms with Crippen LogP contribution < -0.4 is 9.62 Å². The van der Waals surface area contributed by atoms with E-state index < -0.39 is 10.0 Å². The molecule has 0 amide bonds. The minimum atomic E-state index is -3.38. The first-order chi connectivity index (χ1) is 10.5. The van der Waals surface area contributed by atoms with Gasteiger partial charge in [-0.25, -0.2) is 13.1 Å². The predicted octanol–water partition coefficient (Wildman–Crippen LogP) is 0.977. The number of fused-ring (bicyclic) bond motifs is 3. The van der Waals surface area contributed by atoms with Gasteiger partial charge in [-0.2, -0.15) is 0 Å². The average Bonchev–Trinajstić information content (AvgIpc) is 2.54. The Bertz CT molecular complexity index is 612. The molecule has 22 heavy (non-hydrogen) atoms. The minimum absolute atomic E-state index is 0.371. The van der Waals surface area contributed by atoms with Gasteiger partial charge in [-0.05, 0) is 31.4 Å². The molecular formula is C17H27N2O2S+. The number of hydrogen-bond donors (Lipinski definition) is 2. The van der Waals surface area contributed by atoms with Crippen molar-refractivity contribution >= 4 is 10.0 Å². The van der Waals surface area contributed by atoms with Crippen LogP contribution in [0.25, 0.3) is 0 Å². The Labute approximate surface area is 134 Å². The summed E-state index contributed by atoms with van der Waals surface area (Å²) in [6.45, 7) is 7.24. The zero-order valence-corrected chi connectivity index (χ0v) is 14.3. The van der Waals surface area contributed by atoms with Crippen LogP contribution in [0.5, 0.6) is 0 Å². The summed E-state index contributed by atoms with van der Waals surface area (Å²) in [5.74, 6) is 1.64. The molecule has 0 aliphatic carbocycles. The zero-order chi connectivity index (χ0) is 15.7. The van der Waals surface area contributed by atoms with Gasteiger partial charge in [0, 0.05) is 18.8 Å². The van der Waals surface area contributed by atoms with Crippen LogP contribution in [0.15, 0.2) is 29.2 Å². The van der Waals surface area contributed by atoms with Gasteiger partial charge in [-0.15, -0.1) is 0 Å². The molecular weight excluding hydrogens is 296 g/mol. The summed E-state index contributed by atoms with van der Waals surface area (Å²) in [5, 5.41) is 0. The second kappa shape index (κ2) is 6.30. The number of benzene rings is 1. The third-order valence-electron chi connectivity index (χ3n) is 5.57. The first-order valence-corrected chi connectivity index (χ1v) is 9.89. The summed E-state index contributed by atoms with van der Waals surface area (Å²) in [4.78, 5) is 1.97. The lowest BCUT2D eigenvalue weighted by Crippen LogP contribution is -3.20. The molecule has 0 radical (unpaired) electrons. The fourth-order valence-electron chi connectivity index (χ4n) is 4.14. The quantitative estimate of drug-likeness (QED) is 0.849. The summed E-state index contributed by atoms with van der Waals surface area (Å²) in [6, 6.07) is 7.51. The molecule has 2 N–H and O–H groups in total. The van der Waals surface area contributed by atoms with Crippen LogP contribution in [0.2, 0.25) is 0 Å². The van der Waals surface area contributed by atoms with E-state index in [1.54, 1.807) is 17.0 Å². The Morgan fingerprint density at radius 3 is 2.59 bits per heavy atom. The van der Waals surface area contributed by atoms with Crippen LogP contribution in [0, 0.1) is 18.8 Å². The van der Waals surface area contributed by atoms with Gasteiger partial charge in [0.1, 0.15) is 6.04 Å². The monoisotopic (exact) mass is 323 g/mol. The third kappa shape index (κ3) is 3.21. The van der Waals surface area contributed by atoms with E-state index in [2.05, 4.69) is 11.6 Å². The number of sulfonamides is 1. The molecule has 5 heteroatoms. The molecule has 2 bridgehead atoms. The lowest BCUT2D eigenvalue weighted by molar-refractivity contribution is -0.945. The number of aryl methyl sites for hydroxylation is 1. The van der Waals surface area contributed by atoms with Gasteiger partial charge in [0.05, 0.1) is 24.5 Å². The van der Waals surface area contributed by atoms with Gasteiger partial charge < -0.3 is 4.90 Å². The van der Waals surface area contributed by atoms with E-state index in [0.29, 0.717) is 17.5 Å². The van der Waals surface area contributed by atoms with E-state index >= 15 is 0 Å². The van der Waals surface area contributed by atoms with Crippen LogP contribution >= 0.6 is 0 Å². The average molecular weight is 323 g/mol. The van der Waals surface area contributed by atoms with E-state index in [9.17, 15) is 8.42 Å². The first-order valence-electron chi connectivity index (χ1n) is 8.40. The molecule has 1 unspecified atom stereocenters. The first kappa shape index (κ1) is 16.0. The second-order valence-electron chi connectivity index (χ2n) is 6.93. The van der Waals surface area contributed by atoms with Crippen molar-refractivity contribution in [1.29, 1.82) is 0 Å². The van der Waals surface area contributed by atoms with Crippen molar-refractivity contribution in [2.45, 2.75) is 44.0 Å². The molecule has 0 aromatic heterocycles. The largest absolute Gasteiger partial charge is 0.331 e. The second-order valence-corrected chi connectivity index (χ2v) is 8.69. The molecule has 122 valence electrons. The van der Waals surface area contributed by atoms with E-state index in [0.717, 1.165) is 17.4 Å². The smallest absolute Gasteiger partial charge is 0.240 e. The summed E-state index contributed by atoms with van der Waals surface area (Å²) < 4.78 is 27.6. The number of hydrogen-bond acceptors (Lipinski definition) is 2. The van der Waals surface area contributed by atoms with Crippen molar-refractivity contribution in [3.8, 4) is 0 Å². The molecule has 0 saturated carbocycles. The van der Waals surface area contributed by atoms with Gasteiger partial charge >= 0.3 is 0 Å². The van der Waals surface area contributed by atoms with E-state index in [1.165, 1.54) is 32.4 Å². The normalized spacial score (nSPS) is 31.4. The molecule has 0 spiro atoms. The summed E-state index contributed by atoms with van der Waals surface area (Å²) in [6.07, 6.45) is 3.75. The highest BCUT2D eigenvalue weighted by atomic mass is 32.2. The zero-order valence-electron chi connectivity index (χ0n) is 13.5. The van der Waals surface area contributed by atoms with Crippen molar-refractivity contribution in [2.75, 3.05) is 19.6 Å². The fraction of sp³-hybridized carbons (Fsp3) is 0.647. The molecule has 4 nitrogen and oxygen atoms in total. The maximum absolute atomic E-state index is 12.4. The maximum Gasteiger partial charge on any atom is 0.240 e. The summed E-state index contributed by atoms with van der Waals surface area (Å²) >= 11 is 0. The number of piperidine rings is 3. The number of nitrogens with one attached hydrogen (secondary N) is 2. The van der Waals surface area contributed by atoms with Crippen molar-refractivity contribution in [2.24, 2.45) is 11.8 Å². The molecule has 4 atom stereocenters. The Hall–Kier alpha value is -0.910. The molecule has 3 heterocycles. The van der Waals surface area contributed by atoms with E-state index in [4.69, 9.17) is 0 Å². The van der Waals surface area contributed by atoms with E-state index in [1.807, 2.05) is 19.1 Å². The highest BCUT2D eigenvalue weighted by Gasteiger charge is 2.42. The Morgan fingerprint density at radius 1 is 1.27 bits per heavy atom. The Morgan fingerprint density at radius 2 is 2.00 bits per heavy atom. The summed E-state index contributed by atoms with van der Waals surface area (Å²) in [7, 11) is -3.38. The van der Waals surface area contributed by atoms with Crippen LogP contribution in [0.3, 0.4) is 0 Å². The molecule has 1 aromatic carbocycles. The Kier molecular flexibility index (Phi) is 4.57. The van der Waals surface area contributed by atoms with Crippen molar-refractivity contribution in [3.05, 3.63) is 29.8 Å². The van der Waals surface area contributed by atoms with Crippen LogP contribution in [0.1, 0.15) is 31.7 Å². The minimum Gasteiger partial charge on any atom is -0.331 e. The topological polar surface area (TPSA) is 50.6 Å². The van der Waals surface area contributed by atoms with Crippen molar-refractivity contribution in [3.63, 3.8) is 0 Å². The van der Waals surface area contributed by atoms with Gasteiger partial charge in [-0.3, -0.25) is 0 Å². The lowest BCUT2D eigenvalue weighted by Gasteiger charge is -2.46. The standard InChI is InChI=1S/C17H26N2O2S/c1-3-14-12-19-9-8-15(14)10-16(19)11-18-22(20,21)17-6-4-13(2)5-7-17/h4-7,14-16,18H,3,8-12H2,1-2H3/p+1/t14-,15-,16+/m0/s1. The maximum atomic E-state index is 12.4. The third-order valence-corrected chi connectivity index (χ3v) is 7.01. The van der Waals surface area contributed by atoms with Gasteiger partial charge in [0.15, 0.2) is 0 Å². The lowest BCUT2D eigenvalue weighted by atomic mass is 9.74. The number of quaternary nitrogens is 1. The molecule has 3 saturated heterocycles. The highest BCUT2D eigenvalue weighted by Crippen LogP contribution is 2.28. The molecule has 3 aliphatic heterocycles. The van der Waals surface area contributed by atoms with Crippen molar-refractivity contribution in [1.82, 2.24) is 4.72 Å². The SMILES string of the molecule is CC[C@H]1C[NH+]2CC[C@H]1C[C@@H]2CNS(=O)(=O)c1ccc(C)cc1. The predicted molar refractivity (Wildman–Crippen MR) is 87.4 cm³/mol. The number of rotatable bonds is 5. The Balaban J connectivity index is 1.62. The van der Waals surface area contributed by atoms with E-state index in [-0.39, 0.29) is 0 Å². The van der Waals surface area contributed by atoms with Crippen LogP contribution in [0.4, 0.5) is 0 Å². The van der Waals surface area contributed by atoms with Crippen molar-refractivity contribution < 1.29 is 13.3 Å². The molecule has 3 fully saturated rings. The van der Waals surface area contributed by atoms with Gasteiger partial charge in [-0.1, -0.05) is 24.6 Å². The molecule has 3 aliphatic rings. The fourth-order valence-corrected chi connectivity index (χ4v) is 5.22. The van der Waals surface area contributed by atoms with Crippen LogP contribution in [-0.4, -0.2) is 34.1 Å².